The molecule has 0 amide bonds. The summed E-state index contributed by atoms with van der Waals surface area (Å²) >= 11 is 3.12. The SMILES string of the molecule is O=C(O)CCCCCc1ccc(Cn2cc(Br)c(=O)[nH]c2=O)cc1. The average molecular weight is 395 g/mol. The second-order valence-electron chi connectivity index (χ2n) is 5.64. The van der Waals surface area contributed by atoms with Crippen LogP contribution < -0.4 is 11.2 Å². The highest BCUT2D eigenvalue weighted by Crippen LogP contribution is 2.11. The van der Waals surface area contributed by atoms with E-state index in [9.17, 15) is 14.4 Å². The average Bonchev–Trinajstić information content (AvgIpc) is 2.53. The van der Waals surface area contributed by atoms with E-state index in [4.69, 9.17) is 5.11 Å². The van der Waals surface area contributed by atoms with E-state index in [0.29, 0.717) is 17.4 Å². The van der Waals surface area contributed by atoms with Gasteiger partial charge in [-0.25, -0.2) is 4.79 Å². The summed E-state index contributed by atoms with van der Waals surface area (Å²) in [5, 5.41) is 8.59. The van der Waals surface area contributed by atoms with Crippen molar-refractivity contribution >= 4 is 21.9 Å². The molecule has 0 aliphatic carbocycles. The number of carboxylic acid groups (broad SMARTS) is 1. The summed E-state index contributed by atoms with van der Waals surface area (Å²) in [5.74, 6) is -0.747. The summed E-state index contributed by atoms with van der Waals surface area (Å²) in [5.41, 5.74) is 1.27. The molecule has 0 radical (unpaired) electrons. The first-order valence-electron chi connectivity index (χ1n) is 7.74. The van der Waals surface area contributed by atoms with E-state index in [1.165, 1.54) is 16.3 Å². The van der Waals surface area contributed by atoms with Crippen LogP contribution in [0.5, 0.6) is 0 Å². The molecule has 0 spiro atoms. The van der Waals surface area contributed by atoms with E-state index < -0.39 is 17.2 Å². The van der Waals surface area contributed by atoms with Crippen LogP contribution in [0.2, 0.25) is 0 Å². The topological polar surface area (TPSA) is 92.2 Å². The monoisotopic (exact) mass is 394 g/mol. The van der Waals surface area contributed by atoms with Gasteiger partial charge in [-0.1, -0.05) is 30.7 Å². The first-order valence-corrected chi connectivity index (χ1v) is 8.54. The van der Waals surface area contributed by atoms with Crippen molar-refractivity contribution in [3.8, 4) is 0 Å². The highest BCUT2D eigenvalue weighted by Gasteiger charge is 2.03. The van der Waals surface area contributed by atoms with Crippen molar-refractivity contribution < 1.29 is 9.90 Å². The summed E-state index contributed by atoms with van der Waals surface area (Å²) in [4.78, 5) is 35.8. The number of aryl methyl sites for hydroxylation is 1. The fraction of sp³-hybridized carbons (Fsp3) is 0.353. The van der Waals surface area contributed by atoms with Gasteiger partial charge in [0.2, 0.25) is 0 Å². The Labute approximate surface area is 147 Å². The molecule has 0 aliphatic rings. The number of aromatic nitrogens is 2. The van der Waals surface area contributed by atoms with Crippen molar-refractivity contribution in [3.63, 3.8) is 0 Å². The minimum atomic E-state index is -0.747. The molecule has 2 N–H and O–H groups in total. The van der Waals surface area contributed by atoms with Gasteiger partial charge in [0, 0.05) is 12.6 Å². The molecule has 7 heteroatoms. The molecule has 2 rings (SSSR count). The van der Waals surface area contributed by atoms with Crippen molar-refractivity contribution in [2.45, 2.75) is 38.6 Å². The van der Waals surface area contributed by atoms with Crippen LogP contribution in [-0.4, -0.2) is 20.6 Å². The number of aliphatic carboxylic acids is 1. The Hall–Kier alpha value is -2.15. The number of carboxylic acids is 1. The summed E-state index contributed by atoms with van der Waals surface area (Å²) in [6.07, 6.45) is 5.18. The lowest BCUT2D eigenvalue weighted by Crippen LogP contribution is -2.30. The Kier molecular flexibility index (Phi) is 6.54. The predicted molar refractivity (Wildman–Crippen MR) is 94.4 cm³/mol. The lowest BCUT2D eigenvalue weighted by Gasteiger charge is -2.07. The van der Waals surface area contributed by atoms with E-state index >= 15 is 0 Å². The minimum Gasteiger partial charge on any atom is -0.481 e. The molecule has 1 aromatic heterocycles. The number of hydrogen-bond donors (Lipinski definition) is 2. The largest absolute Gasteiger partial charge is 0.481 e. The lowest BCUT2D eigenvalue weighted by molar-refractivity contribution is -0.137. The molecule has 0 unspecified atom stereocenters. The van der Waals surface area contributed by atoms with Crippen molar-refractivity contribution in [2.75, 3.05) is 0 Å². The van der Waals surface area contributed by atoms with E-state index in [2.05, 4.69) is 20.9 Å². The van der Waals surface area contributed by atoms with Crippen LogP contribution in [0.1, 0.15) is 36.8 Å². The van der Waals surface area contributed by atoms with E-state index in [1.54, 1.807) is 0 Å². The highest BCUT2D eigenvalue weighted by molar-refractivity contribution is 9.10. The van der Waals surface area contributed by atoms with Gasteiger partial charge in [0.1, 0.15) is 0 Å². The Morgan fingerprint density at radius 2 is 1.75 bits per heavy atom. The smallest absolute Gasteiger partial charge is 0.328 e. The molecule has 0 saturated carbocycles. The molecule has 2 aromatic rings. The standard InChI is InChI=1S/C17H19BrN2O4/c18-14-11-20(17(24)19-16(14)23)10-13-8-6-12(7-9-13)4-2-1-3-5-15(21)22/h6-9,11H,1-5,10H2,(H,21,22)(H,19,23,24). The third-order valence-electron chi connectivity index (χ3n) is 3.70. The van der Waals surface area contributed by atoms with Crippen LogP contribution in [0.25, 0.3) is 0 Å². The predicted octanol–water partition coefficient (Wildman–Crippen LogP) is 2.53. The first kappa shape index (κ1) is 18.2. The normalized spacial score (nSPS) is 10.7. The Bertz CT molecular complexity index is 809. The lowest BCUT2D eigenvalue weighted by atomic mass is 10.0. The fourth-order valence-electron chi connectivity index (χ4n) is 2.39. The molecule has 6 nitrogen and oxygen atoms in total. The van der Waals surface area contributed by atoms with Crippen molar-refractivity contribution in [1.82, 2.24) is 9.55 Å². The molecule has 1 aromatic carbocycles. The fourth-order valence-corrected chi connectivity index (χ4v) is 2.74. The van der Waals surface area contributed by atoms with E-state index in [0.717, 1.165) is 24.8 Å². The van der Waals surface area contributed by atoms with Gasteiger partial charge in [0.15, 0.2) is 0 Å². The van der Waals surface area contributed by atoms with E-state index in [1.807, 2.05) is 24.3 Å². The number of nitrogens with one attached hydrogen (secondary N) is 1. The summed E-state index contributed by atoms with van der Waals surface area (Å²) in [7, 11) is 0. The number of nitrogens with zero attached hydrogens (tertiary/aromatic N) is 1. The number of H-pyrrole nitrogens is 1. The first-order chi connectivity index (χ1) is 11.5. The quantitative estimate of drug-likeness (QED) is 0.672. The molecular weight excluding hydrogens is 376 g/mol. The number of benzene rings is 1. The van der Waals surface area contributed by atoms with Crippen molar-refractivity contribution in [3.05, 3.63) is 66.9 Å². The Morgan fingerprint density at radius 1 is 1.08 bits per heavy atom. The second kappa shape index (κ2) is 8.63. The van der Waals surface area contributed by atoms with Crippen LogP contribution in [0.4, 0.5) is 0 Å². The maximum Gasteiger partial charge on any atom is 0.328 e. The molecule has 1 heterocycles. The highest BCUT2D eigenvalue weighted by atomic mass is 79.9. The van der Waals surface area contributed by atoms with Gasteiger partial charge in [0.25, 0.3) is 5.56 Å². The van der Waals surface area contributed by atoms with Crippen LogP contribution in [0, 0.1) is 0 Å². The number of rotatable bonds is 8. The van der Waals surface area contributed by atoms with Crippen LogP contribution in [0.3, 0.4) is 0 Å². The van der Waals surface area contributed by atoms with Gasteiger partial charge in [-0.2, -0.15) is 0 Å². The van der Waals surface area contributed by atoms with E-state index in [-0.39, 0.29) is 6.42 Å². The number of aromatic amines is 1. The zero-order valence-corrected chi connectivity index (χ0v) is 14.7. The van der Waals surface area contributed by atoms with Gasteiger partial charge in [-0.15, -0.1) is 0 Å². The van der Waals surface area contributed by atoms with Gasteiger partial charge in [-0.05, 0) is 46.3 Å². The third-order valence-corrected chi connectivity index (χ3v) is 4.26. The number of unbranched alkanes of at least 4 members (excludes halogenated alkanes) is 2. The summed E-state index contributed by atoms with van der Waals surface area (Å²) < 4.78 is 1.76. The number of halogens is 1. The minimum absolute atomic E-state index is 0.225. The maximum atomic E-state index is 11.8. The van der Waals surface area contributed by atoms with Crippen LogP contribution in [-0.2, 0) is 17.8 Å². The molecular formula is C17H19BrN2O4. The number of carbonyl (C=O) groups is 1. The second-order valence-corrected chi connectivity index (χ2v) is 6.49. The molecule has 0 bridgehead atoms. The van der Waals surface area contributed by atoms with Gasteiger partial charge in [-0.3, -0.25) is 19.1 Å². The number of hydrogen-bond acceptors (Lipinski definition) is 3. The van der Waals surface area contributed by atoms with Gasteiger partial charge >= 0.3 is 11.7 Å². The van der Waals surface area contributed by atoms with Crippen LogP contribution in [0.15, 0.2) is 44.5 Å². The maximum absolute atomic E-state index is 11.8. The summed E-state index contributed by atoms with van der Waals surface area (Å²) in [6, 6.07) is 7.94. The van der Waals surface area contributed by atoms with Gasteiger partial charge < -0.3 is 5.11 Å². The van der Waals surface area contributed by atoms with Crippen LogP contribution >= 0.6 is 15.9 Å². The molecule has 0 fully saturated rings. The molecule has 128 valence electrons. The summed E-state index contributed by atoms with van der Waals surface area (Å²) in [6.45, 7) is 0.382. The molecule has 24 heavy (non-hydrogen) atoms. The van der Waals surface area contributed by atoms with Crippen molar-refractivity contribution in [1.29, 1.82) is 0 Å². The third kappa shape index (κ3) is 5.49. The molecule has 0 atom stereocenters. The Morgan fingerprint density at radius 3 is 2.42 bits per heavy atom. The molecule has 0 saturated heterocycles. The molecule has 0 aliphatic heterocycles. The van der Waals surface area contributed by atoms with Gasteiger partial charge in [0.05, 0.1) is 11.0 Å². The zero-order chi connectivity index (χ0) is 17.5. The Balaban J connectivity index is 1.90. The zero-order valence-electron chi connectivity index (χ0n) is 13.1. The van der Waals surface area contributed by atoms with Crippen molar-refractivity contribution in [2.24, 2.45) is 0 Å².